The average Bonchev–Trinajstić information content (AvgIpc) is 2.57. The van der Waals surface area contributed by atoms with Gasteiger partial charge in [0.15, 0.2) is 0 Å². The van der Waals surface area contributed by atoms with Crippen molar-refractivity contribution in [1.82, 2.24) is 15.2 Å². The Labute approximate surface area is 99.7 Å². The minimum Gasteiger partial charge on any atom is -0.340 e. The molecule has 1 amide bonds. The molecule has 0 unspecified atom stereocenters. The lowest BCUT2D eigenvalue weighted by Crippen LogP contribution is -2.44. The Hall–Kier alpha value is -0.940. The number of aryl methyl sites for hydroxylation is 1. The van der Waals surface area contributed by atoms with Crippen LogP contribution in [0.2, 0.25) is 0 Å². The maximum atomic E-state index is 11.8. The van der Waals surface area contributed by atoms with E-state index in [2.05, 4.69) is 10.3 Å². The standard InChI is InChI=1S/C11H17N3OS/c1-8-13-10(7-16-8)6-14(2)11(15)3-9-4-12-5-9/h7,9,12H,3-6H2,1-2H3. The molecule has 88 valence electrons. The summed E-state index contributed by atoms with van der Waals surface area (Å²) in [7, 11) is 1.85. The summed E-state index contributed by atoms with van der Waals surface area (Å²) >= 11 is 1.63. The normalized spacial score (nSPS) is 15.9. The topological polar surface area (TPSA) is 45.2 Å². The zero-order valence-electron chi connectivity index (χ0n) is 9.69. The summed E-state index contributed by atoms with van der Waals surface area (Å²) in [5, 5.41) is 6.25. The van der Waals surface area contributed by atoms with Gasteiger partial charge < -0.3 is 10.2 Å². The molecule has 0 saturated carbocycles. The van der Waals surface area contributed by atoms with Gasteiger partial charge in [-0.1, -0.05) is 0 Å². The fourth-order valence-electron chi connectivity index (χ4n) is 1.71. The maximum Gasteiger partial charge on any atom is 0.223 e. The number of hydrogen-bond acceptors (Lipinski definition) is 4. The summed E-state index contributed by atoms with van der Waals surface area (Å²) in [6, 6.07) is 0. The van der Waals surface area contributed by atoms with Crippen LogP contribution in [0.3, 0.4) is 0 Å². The van der Waals surface area contributed by atoms with Gasteiger partial charge >= 0.3 is 0 Å². The van der Waals surface area contributed by atoms with E-state index in [9.17, 15) is 4.79 Å². The van der Waals surface area contributed by atoms with Crippen LogP contribution in [0, 0.1) is 12.8 Å². The number of thiazole rings is 1. The van der Waals surface area contributed by atoms with Crippen LogP contribution < -0.4 is 5.32 Å². The monoisotopic (exact) mass is 239 g/mol. The molecule has 0 spiro atoms. The first-order valence-electron chi connectivity index (χ1n) is 5.51. The number of carbonyl (C=O) groups excluding carboxylic acids is 1. The van der Waals surface area contributed by atoms with E-state index in [1.807, 2.05) is 19.4 Å². The number of aromatic nitrogens is 1. The molecule has 4 nitrogen and oxygen atoms in total. The molecule has 0 aromatic carbocycles. The first kappa shape index (κ1) is 11.5. The highest BCUT2D eigenvalue weighted by molar-refractivity contribution is 7.09. The van der Waals surface area contributed by atoms with Gasteiger partial charge in [-0.2, -0.15) is 0 Å². The molecule has 1 aliphatic heterocycles. The largest absolute Gasteiger partial charge is 0.340 e. The molecule has 1 aromatic rings. The van der Waals surface area contributed by atoms with Crippen LogP contribution in [0.1, 0.15) is 17.1 Å². The summed E-state index contributed by atoms with van der Waals surface area (Å²) in [4.78, 5) is 18.0. The van der Waals surface area contributed by atoms with Crippen molar-refractivity contribution in [1.29, 1.82) is 0 Å². The molecule has 1 N–H and O–H groups in total. The highest BCUT2D eigenvalue weighted by Gasteiger charge is 2.22. The number of amides is 1. The van der Waals surface area contributed by atoms with Crippen LogP contribution in [-0.2, 0) is 11.3 Å². The van der Waals surface area contributed by atoms with Gasteiger partial charge in [0, 0.05) is 18.8 Å². The molecule has 2 rings (SSSR count). The molecule has 1 aromatic heterocycles. The van der Waals surface area contributed by atoms with Crippen molar-refractivity contribution in [3.63, 3.8) is 0 Å². The van der Waals surface area contributed by atoms with Crippen molar-refractivity contribution in [3.8, 4) is 0 Å². The molecule has 0 radical (unpaired) electrons. The van der Waals surface area contributed by atoms with E-state index in [1.165, 1.54) is 0 Å². The summed E-state index contributed by atoms with van der Waals surface area (Å²) < 4.78 is 0. The summed E-state index contributed by atoms with van der Waals surface area (Å²) in [5.74, 6) is 0.754. The van der Waals surface area contributed by atoms with E-state index in [0.717, 1.165) is 23.8 Å². The number of carbonyl (C=O) groups is 1. The molecular weight excluding hydrogens is 222 g/mol. The highest BCUT2D eigenvalue weighted by atomic mass is 32.1. The Morgan fingerprint density at radius 2 is 2.44 bits per heavy atom. The zero-order valence-corrected chi connectivity index (χ0v) is 10.5. The van der Waals surface area contributed by atoms with Gasteiger partial charge in [0.1, 0.15) is 0 Å². The second kappa shape index (κ2) is 4.93. The molecule has 16 heavy (non-hydrogen) atoms. The fraction of sp³-hybridized carbons (Fsp3) is 0.636. The van der Waals surface area contributed by atoms with Crippen LogP contribution in [0.15, 0.2) is 5.38 Å². The second-order valence-electron chi connectivity index (χ2n) is 4.34. The van der Waals surface area contributed by atoms with E-state index in [4.69, 9.17) is 0 Å². The number of hydrogen-bond donors (Lipinski definition) is 1. The molecule has 0 atom stereocenters. The number of rotatable bonds is 4. The van der Waals surface area contributed by atoms with Crippen molar-refractivity contribution in [2.75, 3.05) is 20.1 Å². The predicted molar refractivity (Wildman–Crippen MR) is 64.3 cm³/mol. The first-order valence-corrected chi connectivity index (χ1v) is 6.39. The highest BCUT2D eigenvalue weighted by Crippen LogP contribution is 2.13. The molecule has 0 aliphatic carbocycles. The average molecular weight is 239 g/mol. The van der Waals surface area contributed by atoms with Crippen molar-refractivity contribution in [2.24, 2.45) is 5.92 Å². The van der Waals surface area contributed by atoms with E-state index >= 15 is 0 Å². The van der Waals surface area contributed by atoms with Gasteiger partial charge in [-0.25, -0.2) is 4.98 Å². The van der Waals surface area contributed by atoms with E-state index in [-0.39, 0.29) is 5.91 Å². The molecule has 5 heteroatoms. The summed E-state index contributed by atoms with van der Waals surface area (Å²) in [5.41, 5.74) is 0.991. The van der Waals surface area contributed by atoms with Crippen LogP contribution in [0.5, 0.6) is 0 Å². The minimum absolute atomic E-state index is 0.220. The molecule has 2 heterocycles. The lowest BCUT2D eigenvalue weighted by molar-refractivity contribution is -0.131. The Morgan fingerprint density at radius 3 is 2.94 bits per heavy atom. The molecular formula is C11H17N3OS. The van der Waals surface area contributed by atoms with Crippen LogP contribution >= 0.6 is 11.3 Å². The number of nitrogens with one attached hydrogen (secondary N) is 1. The maximum absolute atomic E-state index is 11.8. The Morgan fingerprint density at radius 1 is 1.69 bits per heavy atom. The fourth-order valence-corrected chi connectivity index (χ4v) is 2.31. The molecule has 1 saturated heterocycles. The van der Waals surface area contributed by atoms with Gasteiger partial charge in [-0.15, -0.1) is 11.3 Å². The van der Waals surface area contributed by atoms with Gasteiger partial charge in [-0.3, -0.25) is 4.79 Å². The van der Waals surface area contributed by atoms with Crippen LogP contribution in [-0.4, -0.2) is 35.9 Å². The Balaban J connectivity index is 1.82. The third-order valence-corrected chi connectivity index (χ3v) is 3.64. The lowest BCUT2D eigenvalue weighted by Gasteiger charge is -2.28. The van der Waals surface area contributed by atoms with Crippen molar-refractivity contribution in [3.05, 3.63) is 16.1 Å². The van der Waals surface area contributed by atoms with Gasteiger partial charge in [-0.05, 0) is 25.9 Å². The van der Waals surface area contributed by atoms with Crippen LogP contribution in [0.4, 0.5) is 0 Å². The van der Waals surface area contributed by atoms with Gasteiger partial charge in [0.05, 0.1) is 17.2 Å². The Bertz CT molecular complexity index is 373. The SMILES string of the molecule is Cc1nc(CN(C)C(=O)CC2CNC2)cs1. The quantitative estimate of drug-likeness (QED) is 0.853. The van der Waals surface area contributed by atoms with Gasteiger partial charge in [0.25, 0.3) is 0 Å². The van der Waals surface area contributed by atoms with Gasteiger partial charge in [0.2, 0.25) is 5.91 Å². The first-order chi connectivity index (χ1) is 7.65. The minimum atomic E-state index is 0.220. The molecule has 1 fully saturated rings. The molecule has 1 aliphatic rings. The predicted octanol–water partition coefficient (Wildman–Crippen LogP) is 1.02. The van der Waals surface area contributed by atoms with Crippen molar-refractivity contribution >= 4 is 17.2 Å². The summed E-state index contributed by atoms with van der Waals surface area (Å²) in [6.07, 6.45) is 0.659. The van der Waals surface area contributed by atoms with E-state index in [0.29, 0.717) is 18.9 Å². The van der Waals surface area contributed by atoms with E-state index in [1.54, 1.807) is 16.2 Å². The Kier molecular flexibility index (Phi) is 3.56. The van der Waals surface area contributed by atoms with Crippen LogP contribution in [0.25, 0.3) is 0 Å². The van der Waals surface area contributed by atoms with Crippen molar-refractivity contribution < 1.29 is 4.79 Å². The number of nitrogens with zero attached hydrogens (tertiary/aromatic N) is 2. The molecule has 0 bridgehead atoms. The third-order valence-electron chi connectivity index (χ3n) is 2.82. The third kappa shape index (κ3) is 2.80. The van der Waals surface area contributed by atoms with Crippen molar-refractivity contribution in [2.45, 2.75) is 19.9 Å². The smallest absolute Gasteiger partial charge is 0.223 e. The second-order valence-corrected chi connectivity index (χ2v) is 5.40. The zero-order chi connectivity index (χ0) is 11.5. The lowest BCUT2D eigenvalue weighted by atomic mass is 9.99. The van der Waals surface area contributed by atoms with E-state index < -0.39 is 0 Å². The summed E-state index contributed by atoms with van der Waals surface area (Å²) in [6.45, 7) is 4.57.